The summed E-state index contributed by atoms with van der Waals surface area (Å²) in [7, 11) is 0. The first kappa shape index (κ1) is 18.5. The Hall–Kier alpha value is -1.88. The van der Waals surface area contributed by atoms with Gasteiger partial charge in [-0.15, -0.1) is 0 Å². The summed E-state index contributed by atoms with van der Waals surface area (Å²) in [6, 6.07) is 7.82. The number of carbonyl (C=O) groups excluding carboxylic acids is 2. The first-order chi connectivity index (χ1) is 11.6. The Morgan fingerprint density at radius 1 is 1.25 bits per heavy atom. The fourth-order valence-corrected chi connectivity index (χ4v) is 2.74. The average molecular weight is 332 g/mol. The molecule has 2 amide bonds. The van der Waals surface area contributed by atoms with Crippen molar-refractivity contribution < 1.29 is 14.3 Å². The standard InChI is InChI=1S/C19H28N2O3/c1-3-4-11-24-12-5-10-20-19(23)16-13-18(22)21(14-16)17-8-6-15(2)7-9-17/h6-9,16H,3-5,10-14H2,1-2H3,(H,20,23). The van der Waals surface area contributed by atoms with Crippen molar-refractivity contribution in [1.29, 1.82) is 0 Å². The molecule has 2 rings (SSSR count). The molecule has 0 spiro atoms. The molecule has 0 radical (unpaired) electrons. The second-order valence-electron chi connectivity index (χ2n) is 6.35. The summed E-state index contributed by atoms with van der Waals surface area (Å²) in [5, 5.41) is 2.92. The van der Waals surface area contributed by atoms with Crippen LogP contribution in [0.2, 0.25) is 0 Å². The van der Waals surface area contributed by atoms with E-state index in [1.165, 1.54) is 0 Å². The van der Waals surface area contributed by atoms with Gasteiger partial charge in [-0.05, 0) is 31.9 Å². The van der Waals surface area contributed by atoms with E-state index in [9.17, 15) is 9.59 Å². The molecule has 1 atom stereocenters. The van der Waals surface area contributed by atoms with Crippen molar-refractivity contribution in [2.45, 2.75) is 39.5 Å². The fraction of sp³-hybridized carbons (Fsp3) is 0.579. The van der Waals surface area contributed by atoms with Crippen LogP contribution in [-0.4, -0.2) is 38.1 Å². The first-order valence-corrected chi connectivity index (χ1v) is 8.84. The van der Waals surface area contributed by atoms with Gasteiger partial charge in [-0.2, -0.15) is 0 Å². The summed E-state index contributed by atoms with van der Waals surface area (Å²) in [6.07, 6.45) is 3.29. The molecule has 1 aromatic rings. The van der Waals surface area contributed by atoms with Crippen molar-refractivity contribution in [3.05, 3.63) is 29.8 Å². The molecular formula is C19H28N2O3. The fourth-order valence-electron chi connectivity index (χ4n) is 2.74. The van der Waals surface area contributed by atoms with E-state index in [1.54, 1.807) is 4.90 Å². The molecule has 0 aromatic heterocycles. The lowest BCUT2D eigenvalue weighted by molar-refractivity contribution is -0.126. The summed E-state index contributed by atoms with van der Waals surface area (Å²) < 4.78 is 5.47. The molecule has 1 saturated heterocycles. The minimum atomic E-state index is -0.264. The van der Waals surface area contributed by atoms with Crippen LogP contribution in [0.15, 0.2) is 24.3 Å². The zero-order valence-electron chi connectivity index (χ0n) is 14.7. The van der Waals surface area contributed by atoms with Gasteiger partial charge in [0.25, 0.3) is 0 Å². The lowest BCUT2D eigenvalue weighted by atomic mass is 10.1. The molecule has 5 nitrogen and oxygen atoms in total. The molecule has 132 valence electrons. The van der Waals surface area contributed by atoms with Gasteiger partial charge in [-0.25, -0.2) is 0 Å². The van der Waals surface area contributed by atoms with E-state index in [0.717, 1.165) is 37.1 Å². The number of carbonyl (C=O) groups is 2. The third kappa shape index (κ3) is 5.34. The summed E-state index contributed by atoms with van der Waals surface area (Å²) in [5.74, 6) is -0.284. The van der Waals surface area contributed by atoms with Crippen LogP contribution in [-0.2, 0) is 14.3 Å². The van der Waals surface area contributed by atoms with Gasteiger partial charge < -0.3 is 15.0 Å². The number of ether oxygens (including phenoxy) is 1. The molecule has 1 unspecified atom stereocenters. The molecule has 0 aliphatic carbocycles. The number of rotatable bonds is 9. The molecule has 0 bridgehead atoms. The van der Waals surface area contributed by atoms with Crippen LogP contribution >= 0.6 is 0 Å². The topological polar surface area (TPSA) is 58.6 Å². The molecular weight excluding hydrogens is 304 g/mol. The van der Waals surface area contributed by atoms with Crippen LogP contribution in [0.5, 0.6) is 0 Å². The highest BCUT2D eigenvalue weighted by atomic mass is 16.5. The Bertz CT molecular complexity index is 542. The van der Waals surface area contributed by atoms with Gasteiger partial charge in [0.05, 0.1) is 5.92 Å². The van der Waals surface area contributed by atoms with E-state index < -0.39 is 0 Å². The Morgan fingerprint density at radius 3 is 2.67 bits per heavy atom. The van der Waals surface area contributed by atoms with E-state index >= 15 is 0 Å². The van der Waals surface area contributed by atoms with Gasteiger partial charge in [0.15, 0.2) is 0 Å². The lowest BCUT2D eigenvalue weighted by Gasteiger charge is -2.17. The van der Waals surface area contributed by atoms with Crippen molar-refractivity contribution in [3.8, 4) is 0 Å². The quantitative estimate of drug-likeness (QED) is 0.707. The third-order valence-electron chi connectivity index (χ3n) is 4.25. The van der Waals surface area contributed by atoms with E-state index in [2.05, 4.69) is 12.2 Å². The van der Waals surface area contributed by atoms with E-state index in [-0.39, 0.29) is 24.2 Å². The number of unbranched alkanes of at least 4 members (excludes halogenated alkanes) is 1. The van der Waals surface area contributed by atoms with Crippen molar-refractivity contribution in [2.75, 3.05) is 31.2 Å². The molecule has 1 aliphatic heterocycles. The zero-order valence-corrected chi connectivity index (χ0v) is 14.7. The highest BCUT2D eigenvalue weighted by molar-refractivity contribution is 6.00. The third-order valence-corrected chi connectivity index (χ3v) is 4.25. The molecule has 1 aromatic carbocycles. The van der Waals surface area contributed by atoms with Crippen molar-refractivity contribution >= 4 is 17.5 Å². The van der Waals surface area contributed by atoms with Crippen LogP contribution in [0.3, 0.4) is 0 Å². The van der Waals surface area contributed by atoms with Gasteiger partial charge in [0, 0.05) is 38.4 Å². The summed E-state index contributed by atoms with van der Waals surface area (Å²) in [6.45, 7) is 6.65. The number of nitrogens with zero attached hydrogens (tertiary/aromatic N) is 1. The molecule has 0 saturated carbocycles. The highest BCUT2D eigenvalue weighted by Gasteiger charge is 2.34. The summed E-state index contributed by atoms with van der Waals surface area (Å²) >= 11 is 0. The molecule has 1 aliphatic rings. The number of hydrogen-bond donors (Lipinski definition) is 1. The van der Waals surface area contributed by atoms with Gasteiger partial charge in [0.1, 0.15) is 0 Å². The van der Waals surface area contributed by atoms with Crippen molar-refractivity contribution in [1.82, 2.24) is 5.32 Å². The lowest BCUT2D eigenvalue weighted by Crippen LogP contribution is -2.33. The Balaban J connectivity index is 1.72. The van der Waals surface area contributed by atoms with Crippen LogP contribution in [0.25, 0.3) is 0 Å². The van der Waals surface area contributed by atoms with Crippen molar-refractivity contribution in [3.63, 3.8) is 0 Å². The average Bonchev–Trinajstić information content (AvgIpc) is 2.96. The maximum atomic E-state index is 12.2. The maximum Gasteiger partial charge on any atom is 0.227 e. The van der Waals surface area contributed by atoms with Crippen LogP contribution in [0.1, 0.15) is 38.2 Å². The molecule has 1 N–H and O–H groups in total. The Morgan fingerprint density at radius 2 is 1.96 bits per heavy atom. The second kappa shape index (κ2) is 9.42. The SMILES string of the molecule is CCCCOCCCNC(=O)C1CC(=O)N(c2ccc(C)cc2)C1. The van der Waals surface area contributed by atoms with E-state index in [1.807, 2.05) is 31.2 Å². The van der Waals surface area contributed by atoms with Crippen molar-refractivity contribution in [2.24, 2.45) is 5.92 Å². The Kier molecular flexibility index (Phi) is 7.25. The van der Waals surface area contributed by atoms with Crippen LogP contribution in [0.4, 0.5) is 5.69 Å². The number of benzene rings is 1. The highest BCUT2D eigenvalue weighted by Crippen LogP contribution is 2.25. The predicted molar refractivity (Wildman–Crippen MR) is 95.0 cm³/mol. The van der Waals surface area contributed by atoms with Crippen LogP contribution < -0.4 is 10.2 Å². The van der Waals surface area contributed by atoms with Crippen LogP contribution in [0, 0.1) is 12.8 Å². The number of aryl methyl sites for hydroxylation is 1. The van der Waals surface area contributed by atoms with E-state index in [4.69, 9.17) is 4.74 Å². The minimum Gasteiger partial charge on any atom is -0.381 e. The minimum absolute atomic E-state index is 0.0157. The zero-order chi connectivity index (χ0) is 17.4. The normalized spacial score (nSPS) is 17.3. The molecule has 1 fully saturated rings. The molecule has 1 heterocycles. The second-order valence-corrected chi connectivity index (χ2v) is 6.35. The summed E-state index contributed by atoms with van der Waals surface area (Å²) in [5.41, 5.74) is 2.02. The predicted octanol–water partition coefficient (Wildman–Crippen LogP) is 2.67. The van der Waals surface area contributed by atoms with Gasteiger partial charge in [-0.3, -0.25) is 9.59 Å². The van der Waals surface area contributed by atoms with Gasteiger partial charge in [-0.1, -0.05) is 31.0 Å². The van der Waals surface area contributed by atoms with Gasteiger partial charge in [0.2, 0.25) is 11.8 Å². The smallest absolute Gasteiger partial charge is 0.227 e. The van der Waals surface area contributed by atoms with Gasteiger partial charge >= 0.3 is 0 Å². The molecule has 5 heteroatoms. The number of nitrogens with one attached hydrogen (secondary N) is 1. The summed E-state index contributed by atoms with van der Waals surface area (Å²) in [4.78, 5) is 26.1. The molecule has 24 heavy (non-hydrogen) atoms. The number of hydrogen-bond acceptors (Lipinski definition) is 3. The maximum absolute atomic E-state index is 12.2. The van der Waals surface area contributed by atoms with E-state index in [0.29, 0.717) is 19.7 Å². The largest absolute Gasteiger partial charge is 0.381 e. The first-order valence-electron chi connectivity index (χ1n) is 8.84. The number of amides is 2. The monoisotopic (exact) mass is 332 g/mol. The number of anilines is 1. The Labute approximate surface area is 144 Å².